The third kappa shape index (κ3) is 4.37. The molecule has 0 aliphatic rings. The summed E-state index contributed by atoms with van der Waals surface area (Å²) in [6.45, 7) is 3.67. The molecular weight excluding hydrogens is 272 g/mol. The van der Waals surface area contributed by atoms with Crippen LogP contribution in [0.2, 0.25) is 5.02 Å². The van der Waals surface area contributed by atoms with E-state index in [1.165, 1.54) is 0 Å². The number of rotatable bonds is 6. The Hall–Kier alpha value is -1.29. The summed E-state index contributed by atoms with van der Waals surface area (Å²) in [7, 11) is 2.07. The molecule has 1 unspecified atom stereocenters. The van der Waals surface area contributed by atoms with Gasteiger partial charge in [0, 0.05) is 17.6 Å². The van der Waals surface area contributed by atoms with E-state index in [4.69, 9.17) is 21.8 Å². The molecular formula is C16H21ClN2O. The molecule has 2 N–H and O–H groups in total. The monoisotopic (exact) mass is 292 g/mol. The fraction of sp³-hybridized carbons (Fsp3) is 0.375. The van der Waals surface area contributed by atoms with Crippen molar-refractivity contribution in [3.63, 3.8) is 0 Å². The summed E-state index contributed by atoms with van der Waals surface area (Å²) in [5.74, 6) is 1.94. The van der Waals surface area contributed by atoms with Crippen LogP contribution in [0.25, 0.3) is 0 Å². The Bertz CT molecular complexity index is 553. The lowest BCUT2D eigenvalue weighted by Gasteiger charge is -2.18. The maximum absolute atomic E-state index is 6.20. The van der Waals surface area contributed by atoms with Gasteiger partial charge in [-0.2, -0.15) is 0 Å². The zero-order valence-corrected chi connectivity index (χ0v) is 12.7. The van der Waals surface area contributed by atoms with Crippen molar-refractivity contribution in [1.29, 1.82) is 0 Å². The number of nitrogens with two attached hydrogens (primary N) is 1. The van der Waals surface area contributed by atoms with Crippen LogP contribution in [-0.2, 0) is 6.54 Å². The Kier molecular flexibility index (Phi) is 5.24. The Labute approximate surface area is 125 Å². The third-order valence-electron chi connectivity index (χ3n) is 3.32. The zero-order chi connectivity index (χ0) is 14.5. The molecule has 0 spiro atoms. The van der Waals surface area contributed by atoms with Crippen molar-refractivity contribution >= 4 is 11.6 Å². The van der Waals surface area contributed by atoms with E-state index in [1.54, 1.807) is 0 Å². The molecule has 2 rings (SSSR count). The molecule has 0 bridgehead atoms. The molecule has 0 radical (unpaired) electrons. The van der Waals surface area contributed by atoms with Gasteiger partial charge in [-0.15, -0.1) is 0 Å². The van der Waals surface area contributed by atoms with Crippen LogP contribution in [0.15, 0.2) is 40.8 Å². The predicted octanol–water partition coefficient (Wildman–Crippen LogP) is 3.76. The first-order valence-corrected chi connectivity index (χ1v) is 7.17. The summed E-state index contributed by atoms with van der Waals surface area (Å²) in [6, 6.07) is 11.8. The van der Waals surface area contributed by atoms with Crippen molar-refractivity contribution in [3.8, 4) is 0 Å². The fourth-order valence-electron chi connectivity index (χ4n) is 2.18. The maximum Gasteiger partial charge on any atom is 0.118 e. The smallest absolute Gasteiger partial charge is 0.118 e. The number of hydrogen-bond acceptors (Lipinski definition) is 3. The van der Waals surface area contributed by atoms with E-state index in [2.05, 4.69) is 11.9 Å². The highest BCUT2D eigenvalue weighted by Crippen LogP contribution is 2.19. The van der Waals surface area contributed by atoms with Gasteiger partial charge < -0.3 is 10.2 Å². The van der Waals surface area contributed by atoms with Gasteiger partial charge in [0.25, 0.3) is 0 Å². The number of aryl methyl sites for hydroxylation is 1. The second kappa shape index (κ2) is 6.93. The average molecular weight is 293 g/mol. The Balaban J connectivity index is 1.82. The molecule has 0 fully saturated rings. The van der Waals surface area contributed by atoms with Crippen LogP contribution in [0.5, 0.6) is 0 Å². The van der Waals surface area contributed by atoms with Gasteiger partial charge in [-0.1, -0.05) is 23.7 Å². The number of benzene rings is 1. The lowest BCUT2D eigenvalue weighted by molar-refractivity contribution is 0.281. The van der Waals surface area contributed by atoms with Crippen LogP contribution in [0.4, 0.5) is 0 Å². The standard InChI is InChI=1S/C16H21ClN2O/c1-12-6-7-15(20-12)11-19(2)9-8-16(18)13-4-3-5-14(17)10-13/h3-7,10,16H,8-9,11,18H2,1-2H3. The molecule has 0 amide bonds. The van der Waals surface area contributed by atoms with Gasteiger partial charge >= 0.3 is 0 Å². The molecule has 4 heteroatoms. The van der Waals surface area contributed by atoms with Crippen LogP contribution in [-0.4, -0.2) is 18.5 Å². The Morgan fingerprint density at radius 2 is 2.10 bits per heavy atom. The maximum atomic E-state index is 6.20. The molecule has 1 aromatic carbocycles. The van der Waals surface area contributed by atoms with Crippen LogP contribution >= 0.6 is 11.6 Å². The van der Waals surface area contributed by atoms with E-state index < -0.39 is 0 Å². The van der Waals surface area contributed by atoms with Gasteiger partial charge in [-0.3, -0.25) is 4.90 Å². The molecule has 1 atom stereocenters. The van der Waals surface area contributed by atoms with E-state index in [0.29, 0.717) is 0 Å². The normalized spacial score (nSPS) is 12.8. The van der Waals surface area contributed by atoms with Crippen molar-refractivity contribution in [1.82, 2.24) is 4.90 Å². The summed E-state index contributed by atoms with van der Waals surface area (Å²) in [4.78, 5) is 2.21. The molecule has 20 heavy (non-hydrogen) atoms. The topological polar surface area (TPSA) is 42.4 Å². The largest absolute Gasteiger partial charge is 0.465 e. The van der Waals surface area contributed by atoms with E-state index >= 15 is 0 Å². The Morgan fingerprint density at radius 1 is 1.30 bits per heavy atom. The first-order valence-electron chi connectivity index (χ1n) is 6.79. The van der Waals surface area contributed by atoms with E-state index in [0.717, 1.165) is 41.6 Å². The lowest BCUT2D eigenvalue weighted by Crippen LogP contribution is -2.23. The predicted molar refractivity (Wildman–Crippen MR) is 82.8 cm³/mol. The molecule has 1 aromatic heterocycles. The summed E-state index contributed by atoms with van der Waals surface area (Å²) >= 11 is 5.98. The molecule has 0 aliphatic heterocycles. The number of halogens is 1. The van der Waals surface area contributed by atoms with Gasteiger partial charge in [0.05, 0.1) is 6.54 Å². The molecule has 0 aliphatic carbocycles. The minimum absolute atomic E-state index is 0.00878. The minimum atomic E-state index is 0.00878. The second-order valence-electron chi connectivity index (χ2n) is 5.20. The van der Waals surface area contributed by atoms with E-state index in [1.807, 2.05) is 43.3 Å². The fourth-order valence-corrected chi connectivity index (χ4v) is 2.38. The molecule has 0 saturated heterocycles. The van der Waals surface area contributed by atoms with Gasteiger partial charge in [0.1, 0.15) is 11.5 Å². The molecule has 0 saturated carbocycles. The molecule has 108 valence electrons. The average Bonchev–Trinajstić information content (AvgIpc) is 2.81. The van der Waals surface area contributed by atoms with Gasteiger partial charge in [0.2, 0.25) is 0 Å². The highest BCUT2D eigenvalue weighted by Gasteiger charge is 2.09. The van der Waals surface area contributed by atoms with Crippen molar-refractivity contribution in [2.24, 2.45) is 5.73 Å². The number of hydrogen-bond donors (Lipinski definition) is 1. The lowest BCUT2D eigenvalue weighted by atomic mass is 10.0. The summed E-state index contributed by atoms with van der Waals surface area (Å²) < 4.78 is 5.57. The summed E-state index contributed by atoms with van der Waals surface area (Å²) in [5.41, 5.74) is 7.28. The first-order chi connectivity index (χ1) is 9.54. The second-order valence-corrected chi connectivity index (χ2v) is 5.64. The third-order valence-corrected chi connectivity index (χ3v) is 3.56. The van der Waals surface area contributed by atoms with Crippen LogP contribution < -0.4 is 5.73 Å². The van der Waals surface area contributed by atoms with Crippen molar-refractivity contribution in [2.75, 3.05) is 13.6 Å². The van der Waals surface area contributed by atoms with Gasteiger partial charge in [-0.25, -0.2) is 0 Å². The first kappa shape index (κ1) is 15.1. The molecule has 2 aromatic rings. The van der Waals surface area contributed by atoms with Gasteiger partial charge in [-0.05, 0) is 50.2 Å². The van der Waals surface area contributed by atoms with Gasteiger partial charge in [0.15, 0.2) is 0 Å². The minimum Gasteiger partial charge on any atom is -0.465 e. The molecule has 3 nitrogen and oxygen atoms in total. The number of nitrogens with zero attached hydrogens (tertiary/aromatic N) is 1. The SMILES string of the molecule is Cc1ccc(CN(C)CCC(N)c2cccc(Cl)c2)o1. The number of furan rings is 1. The summed E-state index contributed by atoms with van der Waals surface area (Å²) in [5, 5.41) is 0.734. The zero-order valence-electron chi connectivity index (χ0n) is 12.0. The summed E-state index contributed by atoms with van der Waals surface area (Å²) in [6.07, 6.45) is 0.885. The van der Waals surface area contributed by atoms with Crippen LogP contribution in [0.3, 0.4) is 0 Å². The highest BCUT2D eigenvalue weighted by molar-refractivity contribution is 6.30. The van der Waals surface area contributed by atoms with Crippen molar-refractivity contribution < 1.29 is 4.42 Å². The van der Waals surface area contributed by atoms with Crippen molar-refractivity contribution in [2.45, 2.75) is 25.9 Å². The quantitative estimate of drug-likeness (QED) is 0.881. The Morgan fingerprint density at radius 3 is 2.75 bits per heavy atom. The van der Waals surface area contributed by atoms with Crippen LogP contribution in [0, 0.1) is 6.92 Å². The van der Waals surface area contributed by atoms with Crippen LogP contribution in [0.1, 0.15) is 29.5 Å². The van der Waals surface area contributed by atoms with E-state index in [9.17, 15) is 0 Å². The highest BCUT2D eigenvalue weighted by atomic mass is 35.5. The molecule has 1 heterocycles. The van der Waals surface area contributed by atoms with E-state index in [-0.39, 0.29) is 6.04 Å². The van der Waals surface area contributed by atoms with Crippen molar-refractivity contribution in [3.05, 3.63) is 58.5 Å².